The summed E-state index contributed by atoms with van der Waals surface area (Å²) in [6, 6.07) is -0.833. The first-order chi connectivity index (χ1) is 7.23. The van der Waals surface area contributed by atoms with Crippen molar-refractivity contribution in [1.82, 2.24) is 5.32 Å². The molecule has 4 nitrogen and oxygen atoms in total. The smallest absolute Gasteiger partial charge is 0.326 e. The highest BCUT2D eigenvalue weighted by Crippen LogP contribution is 2.20. The van der Waals surface area contributed by atoms with Gasteiger partial charge in [-0.1, -0.05) is 34.6 Å². The molecule has 0 aromatic rings. The molecule has 0 aliphatic carbocycles. The van der Waals surface area contributed by atoms with Gasteiger partial charge in [0, 0.05) is 5.92 Å². The van der Waals surface area contributed by atoms with Gasteiger partial charge < -0.3 is 10.4 Å². The van der Waals surface area contributed by atoms with E-state index in [1.807, 2.05) is 13.8 Å². The van der Waals surface area contributed by atoms with E-state index in [4.69, 9.17) is 5.11 Å². The van der Waals surface area contributed by atoms with E-state index in [2.05, 4.69) is 5.32 Å². The van der Waals surface area contributed by atoms with Gasteiger partial charge in [0.05, 0.1) is 0 Å². The fourth-order valence-electron chi connectivity index (χ4n) is 1.57. The van der Waals surface area contributed by atoms with Crippen molar-refractivity contribution < 1.29 is 14.7 Å². The predicted molar refractivity (Wildman–Crippen MR) is 63.1 cm³/mol. The normalized spacial score (nSPS) is 13.6. The average Bonchev–Trinajstić information content (AvgIpc) is 2.13. The molecule has 0 aliphatic heterocycles. The van der Waals surface area contributed by atoms with Gasteiger partial charge in [0.2, 0.25) is 5.91 Å². The number of aliphatic carboxylic acids is 1. The predicted octanol–water partition coefficient (Wildman–Crippen LogP) is 2.04. The van der Waals surface area contributed by atoms with Gasteiger partial charge in [-0.3, -0.25) is 4.79 Å². The van der Waals surface area contributed by atoms with E-state index in [1.165, 1.54) is 0 Å². The third-order valence-corrected chi connectivity index (χ3v) is 2.76. The molecule has 0 spiro atoms. The summed E-state index contributed by atoms with van der Waals surface area (Å²) in [7, 11) is 0. The number of hydrogen-bond donors (Lipinski definition) is 2. The van der Waals surface area contributed by atoms with Crippen molar-refractivity contribution in [1.29, 1.82) is 0 Å². The van der Waals surface area contributed by atoms with Crippen LogP contribution in [0.25, 0.3) is 0 Å². The zero-order chi connectivity index (χ0) is 12.9. The van der Waals surface area contributed by atoms with Gasteiger partial charge in [-0.15, -0.1) is 0 Å². The van der Waals surface area contributed by atoms with Crippen molar-refractivity contribution in [2.75, 3.05) is 0 Å². The summed E-state index contributed by atoms with van der Waals surface area (Å²) in [4.78, 5) is 22.9. The first kappa shape index (κ1) is 14.9. The minimum atomic E-state index is -0.980. The lowest BCUT2D eigenvalue weighted by atomic mass is 9.86. The third kappa shape index (κ3) is 4.21. The Kier molecular flexibility index (Phi) is 5.48. The molecule has 1 amide bonds. The Bertz CT molecular complexity index is 251. The van der Waals surface area contributed by atoms with E-state index in [1.54, 1.807) is 20.8 Å². The summed E-state index contributed by atoms with van der Waals surface area (Å²) in [5.41, 5.74) is -0.479. The lowest BCUT2D eigenvalue weighted by Gasteiger charge is -2.29. The lowest BCUT2D eigenvalue weighted by molar-refractivity contribution is -0.145. The topological polar surface area (TPSA) is 66.4 Å². The highest BCUT2D eigenvalue weighted by molar-refractivity contribution is 5.85. The summed E-state index contributed by atoms with van der Waals surface area (Å²) in [6.45, 7) is 9.28. The fourth-order valence-corrected chi connectivity index (χ4v) is 1.57. The van der Waals surface area contributed by atoms with Crippen molar-refractivity contribution in [2.45, 2.75) is 53.5 Å². The minimum absolute atomic E-state index is 0.0933. The molecule has 0 aromatic heterocycles. The summed E-state index contributed by atoms with van der Waals surface area (Å²) in [6.07, 6.45) is 1.47. The van der Waals surface area contributed by atoms with Crippen LogP contribution in [0, 0.1) is 11.3 Å². The molecule has 0 rings (SSSR count). The van der Waals surface area contributed by atoms with Gasteiger partial charge in [0.15, 0.2) is 0 Å². The molecule has 0 aliphatic rings. The van der Waals surface area contributed by atoms with E-state index >= 15 is 0 Å². The van der Waals surface area contributed by atoms with E-state index in [0.717, 1.165) is 12.8 Å². The average molecular weight is 229 g/mol. The van der Waals surface area contributed by atoms with Crippen molar-refractivity contribution in [3.05, 3.63) is 0 Å². The third-order valence-electron chi connectivity index (χ3n) is 2.76. The quantitative estimate of drug-likeness (QED) is 0.758. The molecule has 94 valence electrons. The van der Waals surface area contributed by atoms with Crippen LogP contribution < -0.4 is 5.32 Å². The van der Waals surface area contributed by atoms with Crippen LogP contribution >= 0.6 is 0 Å². The number of rotatable bonds is 5. The van der Waals surface area contributed by atoms with E-state index in [9.17, 15) is 9.59 Å². The first-order valence-electron chi connectivity index (χ1n) is 5.77. The Morgan fingerprint density at radius 1 is 1.19 bits per heavy atom. The summed E-state index contributed by atoms with van der Waals surface area (Å²) in [5, 5.41) is 11.7. The van der Waals surface area contributed by atoms with Crippen molar-refractivity contribution in [2.24, 2.45) is 11.3 Å². The monoisotopic (exact) mass is 229 g/mol. The molecular formula is C12H23NO3. The molecule has 0 fully saturated rings. The maximum atomic E-state index is 11.8. The second-order valence-corrected chi connectivity index (χ2v) is 5.16. The number of hydrogen-bond acceptors (Lipinski definition) is 2. The summed E-state index contributed by atoms with van der Waals surface area (Å²) >= 11 is 0. The Morgan fingerprint density at radius 3 is 1.88 bits per heavy atom. The number of nitrogens with one attached hydrogen (secondary N) is 1. The van der Waals surface area contributed by atoms with Crippen LogP contribution in [-0.2, 0) is 9.59 Å². The number of carbonyl (C=O) groups is 2. The van der Waals surface area contributed by atoms with Gasteiger partial charge >= 0.3 is 5.97 Å². The van der Waals surface area contributed by atoms with Crippen LogP contribution in [0.5, 0.6) is 0 Å². The molecule has 0 unspecified atom stereocenters. The molecule has 1 atom stereocenters. The molecule has 0 bridgehead atoms. The van der Waals surface area contributed by atoms with Gasteiger partial charge in [-0.05, 0) is 18.3 Å². The SMILES string of the molecule is CCC(CC)C(=O)N[C@@H](C(=O)O)C(C)(C)C. The zero-order valence-corrected chi connectivity index (χ0v) is 10.8. The standard InChI is InChI=1S/C12H23NO3/c1-6-8(7-2)10(14)13-9(11(15)16)12(3,4)5/h8-9H,6-7H2,1-5H3,(H,13,14)(H,15,16)/t9-/m0/s1. The highest BCUT2D eigenvalue weighted by Gasteiger charge is 2.33. The highest BCUT2D eigenvalue weighted by atomic mass is 16.4. The van der Waals surface area contributed by atoms with Crippen LogP contribution in [0.1, 0.15) is 47.5 Å². The minimum Gasteiger partial charge on any atom is -0.480 e. The summed E-state index contributed by atoms with van der Waals surface area (Å²) in [5.74, 6) is -1.23. The molecule has 16 heavy (non-hydrogen) atoms. The maximum Gasteiger partial charge on any atom is 0.326 e. The molecule has 0 radical (unpaired) electrons. The van der Waals surface area contributed by atoms with Crippen LogP contribution in [-0.4, -0.2) is 23.0 Å². The van der Waals surface area contributed by atoms with Gasteiger partial charge in [0.25, 0.3) is 0 Å². The number of carbonyl (C=O) groups excluding carboxylic acids is 1. The number of carboxylic acid groups (broad SMARTS) is 1. The second-order valence-electron chi connectivity index (χ2n) is 5.16. The van der Waals surface area contributed by atoms with E-state index < -0.39 is 17.4 Å². The Balaban J connectivity index is 4.65. The van der Waals surface area contributed by atoms with Crippen molar-refractivity contribution in [3.8, 4) is 0 Å². The maximum absolute atomic E-state index is 11.8. The Morgan fingerprint density at radius 2 is 1.62 bits per heavy atom. The lowest BCUT2D eigenvalue weighted by Crippen LogP contribution is -2.50. The molecule has 0 saturated heterocycles. The molecule has 0 heterocycles. The number of amides is 1. The van der Waals surface area contributed by atoms with Crippen molar-refractivity contribution >= 4 is 11.9 Å². The van der Waals surface area contributed by atoms with Gasteiger partial charge in [-0.2, -0.15) is 0 Å². The van der Waals surface area contributed by atoms with Crippen molar-refractivity contribution in [3.63, 3.8) is 0 Å². The largest absolute Gasteiger partial charge is 0.480 e. The van der Waals surface area contributed by atoms with Crippen LogP contribution in [0.3, 0.4) is 0 Å². The zero-order valence-electron chi connectivity index (χ0n) is 10.8. The van der Waals surface area contributed by atoms with Gasteiger partial charge in [-0.25, -0.2) is 4.79 Å². The number of carboxylic acids is 1. The molecule has 2 N–H and O–H groups in total. The Labute approximate surface area is 97.4 Å². The Hall–Kier alpha value is -1.06. The molecule has 4 heteroatoms. The van der Waals surface area contributed by atoms with Crippen LogP contribution in [0.2, 0.25) is 0 Å². The summed E-state index contributed by atoms with van der Waals surface area (Å²) < 4.78 is 0. The van der Waals surface area contributed by atoms with Crippen LogP contribution in [0.15, 0.2) is 0 Å². The second kappa shape index (κ2) is 5.87. The van der Waals surface area contributed by atoms with Crippen LogP contribution in [0.4, 0.5) is 0 Å². The van der Waals surface area contributed by atoms with E-state index in [0.29, 0.717) is 0 Å². The van der Waals surface area contributed by atoms with Gasteiger partial charge in [0.1, 0.15) is 6.04 Å². The van der Waals surface area contributed by atoms with E-state index in [-0.39, 0.29) is 11.8 Å². The molecule has 0 saturated carbocycles. The fraction of sp³-hybridized carbons (Fsp3) is 0.833. The molecular weight excluding hydrogens is 206 g/mol. The first-order valence-corrected chi connectivity index (χ1v) is 5.77. The molecule has 0 aromatic carbocycles.